The van der Waals surface area contributed by atoms with Gasteiger partial charge < -0.3 is 10.2 Å². The van der Waals surface area contributed by atoms with Crippen LogP contribution in [0.15, 0.2) is 34.7 Å². The van der Waals surface area contributed by atoms with Gasteiger partial charge in [0, 0.05) is 5.39 Å². The lowest BCUT2D eigenvalue weighted by Gasteiger charge is -2.06. The van der Waals surface area contributed by atoms with Gasteiger partial charge in [-0.3, -0.25) is 0 Å². The second-order valence-corrected chi connectivity index (χ2v) is 4.81. The van der Waals surface area contributed by atoms with Crippen molar-refractivity contribution >= 4 is 11.0 Å². The van der Waals surface area contributed by atoms with Gasteiger partial charge in [-0.15, -0.1) is 0 Å². The van der Waals surface area contributed by atoms with Gasteiger partial charge in [-0.2, -0.15) is 0 Å². The monoisotopic (exact) mass is 215 g/mol. The van der Waals surface area contributed by atoms with E-state index in [1.807, 2.05) is 18.2 Å². The van der Waals surface area contributed by atoms with Crippen LogP contribution in [0.4, 0.5) is 0 Å². The average molecular weight is 215 g/mol. The molecule has 16 heavy (non-hydrogen) atoms. The van der Waals surface area contributed by atoms with E-state index in [1.54, 1.807) is 0 Å². The van der Waals surface area contributed by atoms with Crippen LogP contribution in [-0.4, -0.2) is 0 Å². The number of benzene rings is 1. The van der Waals surface area contributed by atoms with Crippen molar-refractivity contribution < 1.29 is 4.42 Å². The summed E-state index contributed by atoms with van der Waals surface area (Å²) >= 11 is 0. The van der Waals surface area contributed by atoms with Crippen LogP contribution in [0.5, 0.6) is 0 Å². The van der Waals surface area contributed by atoms with E-state index in [4.69, 9.17) is 10.2 Å². The molecule has 2 aromatic rings. The Morgan fingerprint density at radius 3 is 2.88 bits per heavy atom. The third kappa shape index (κ3) is 1.98. The second-order valence-electron chi connectivity index (χ2n) is 4.81. The van der Waals surface area contributed by atoms with Crippen molar-refractivity contribution in [3.63, 3.8) is 0 Å². The molecule has 1 aliphatic rings. The van der Waals surface area contributed by atoms with Gasteiger partial charge in [-0.25, -0.2) is 0 Å². The fraction of sp³-hybridized carbons (Fsp3) is 0.429. The fourth-order valence-electron chi connectivity index (χ4n) is 2.15. The van der Waals surface area contributed by atoms with E-state index in [2.05, 4.69) is 12.1 Å². The Balaban J connectivity index is 1.76. The highest BCUT2D eigenvalue weighted by Crippen LogP contribution is 2.36. The molecular formula is C14H17NO. The third-order valence-corrected chi connectivity index (χ3v) is 3.39. The highest BCUT2D eigenvalue weighted by molar-refractivity contribution is 5.77. The molecule has 1 aliphatic carbocycles. The van der Waals surface area contributed by atoms with Crippen molar-refractivity contribution in [2.75, 3.05) is 0 Å². The van der Waals surface area contributed by atoms with Gasteiger partial charge in [0.15, 0.2) is 0 Å². The number of hydrogen-bond donors (Lipinski definition) is 1. The largest absolute Gasteiger partial charge is 0.459 e. The van der Waals surface area contributed by atoms with Gasteiger partial charge in [-0.1, -0.05) is 31.0 Å². The maximum atomic E-state index is 6.14. The summed E-state index contributed by atoms with van der Waals surface area (Å²) in [6, 6.07) is 10.2. The summed E-state index contributed by atoms with van der Waals surface area (Å²) in [5, 5.41) is 1.15. The predicted molar refractivity (Wildman–Crippen MR) is 65.1 cm³/mol. The van der Waals surface area contributed by atoms with Crippen molar-refractivity contribution in [3.05, 3.63) is 36.1 Å². The van der Waals surface area contributed by atoms with E-state index in [0.717, 1.165) is 29.1 Å². The van der Waals surface area contributed by atoms with E-state index in [9.17, 15) is 0 Å². The number of rotatable bonds is 4. The van der Waals surface area contributed by atoms with Crippen LogP contribution in [0.3, 0.4) is 0 Å². The Bertz CT molecular complexity index is 451. The lowest BCUT2D eigenvalue weighted by Crippen LogP contribution is -2.09. The SMILES string of the molecule is NC(CCC1CC1)c1cc2ccccc2o1. The molecule has 2 N–H and O–H groups in total. The highest BCUT2D eigenvalue weighted by Gasteiger charge is 2.22. The molecule has 1 saturated carbocycles. The molecular weight excluding hydrogens is 198 g/mol. The molecule has 1 heterocycles. The second kappa shape index (κ2) is 3.95. The smallest absolute Gasteiger partial charge is 0.134 e. The quantitative estimate of drug-likeness (QED) is 0.846. The Hall–Kier alpha value is -1.28. The summed E-state index contributed by atoms with van der Waals surface area (Å²) in [6.45, 7) is 0. The minimum absolute atomic E-state index is 0.0630. The van der Waals surface area contributed by atoms with Crippen molar-refractivity contribution in [3.8, 4) is 0 Å². The zero-order valence-electron chi connectivity index (χ0n) is 9.36. The van der Waals surface area contributed by atoms with E-state index in [0.29, 0.717) is 0 Å². The van der Waals surface area contributed by atoms with Gasteiger partial charge >= 0.3 is 0 Å². The van der Waals surface area contributed by atoms with E-state index in [1.165, 1.54) is 19.3 Å². The van der Waals surface area contributed by atoms with E-state index in [-0.39, 0.29) is 6.04 Å². The summed E-state index contributed by atoms with van der Waals surface area (Å²) in [4.78, 5) is 0. The number of nitrogens with two attached hydrogens (primary N) is 1. The Labute approximate surface area is 95.4 Å². The molecule has 2 nitrogen and oxygen atoms in total. The molecule has 3 rings (SSSR count). The molecule has 2 heteroatoms. The van der Waals surface area contributed by atoms with Gasteiger partial charge in [0.1, 0.15) is 11.3 Å². The zero-order chi connectivity index (χ0) is 11.0. The molecule has 0 bridgehead atoms. The molecule has 1 aromatic carbocycles. The molecule has 0 spiro atoms. The summed E-state index contributed by atoms with van der Waals surface area (Å²) in [6.07, 6.45) is 5.09. The summed E-state index contributed by atoms with van der Waals surface area (Å²) in [5.74, 6) is 1.87. The maximum Gasteiger partial charge on any atom is 0.134 e. The molecule has 0 radical (unpaired) electrons. The van der Waals surface area contributed by atoms with Crippen molar-refractivity contribution in [2.24, 2.45) is 11.7 Å². The third-order valence-electron chi connectivity index (χ3n) is 3.39. The molecule has 1 fully saturated rings. The Morgan fingerprint density at radius 1 is 1.31 bits per heavy atom. The topological polar surface area (TPSA) is 39.2 Å². The maximum absolute atomic E-state index is 6.14. The molecule has 84 valence electrons. The van der Waals surface area contributed by atoms with Crippen LogP contribution < -0.4 is 5.73 Å². The van der Waals surface area contributed by atoms with Gasteiger partial charge in [0.2, 0.25) is 0 Å². The minimum Gasteiger partial charge on any atom is -0.459 e. The van der Waals surface area contributed by atoms with E-state index >= 15 is 0 Å². The first-order valence-corrected chi connectivity index (χ1v) is 6.07. The lowest BCUT2D eigenvalue weighted by molar-refractivity contribution is 0.461. The first-order chi connectivity index (χ1) is 7.83. The molecule has 1 unspecified atom stereocenters. The Morgan fingerprint density at radius 2 is 2.12 bits per heavy atom. The highest BCUT2D eigenvalue weighted by atomic mass is 16.3. The van der Waals surface area contributed by atoms with Crippen LogP contribution in [0.2, 0.25) is 0 Å². The molecule has 0 aliphatic heterocycles. The van der Waals surface area contributed by atoms with Crippen molar-refractivity contribution in [1.29, 1.82) is 0 Å². The van der Waals surface area contributed by atoms with Crippen LogP contribution in [0.1, 0.15) is 37.5 Å². The molecule has 0 saturated heterocycles. The van der Waals surface area contributed by atoms with Crippen LogP contribution in [-0.2, 0) is 0 Å². The summed E-state index contributed by atoms with van der Waals surface area (Å²) in [5.41, 5.74) is 7.09. The first kappa shape index (κ1) is 9.91. The average Bonchev–Trinajstić information content (AvgIpc) is 3.02. The molecule has 0 amide bonds. The predicted octanol–water partition coefficient (Wildman–Crippen LogP) is 3.62. The van der Waals surface area contributed by atoms with Crippen molar-refractivity contribution in [1.82, 2.24) is 0 Å². The number of fused-ring (bicyclic) bond motifs is 1. The standard InChI is InChI=1S/C14H17NO/c15-12(8-7-10-5-6-10)14-9-11-3-1-2-4-13(11)16-14/h1-4,9-10,12H,5-8,15H2. The number of hydrogen-bond acceptors (Lipinski definition) is 2. The van der Waals surface area contributed by atoms with Crippen molar-refractivity contribution in [2.45, 2.75) is 31.7 Å². The molecule has 1 atom stereocenters. The molecule has 1 aromatic heterocycles. The lowest BCUT2D eigenvalue weighted by atomic mass is 10.1. The summed E-state index contributed by atoms with van der Waals surface area (Å²) < 4.78 is 5.76. The fourth-order valence-corrected chi connectivity index (χ4v) is 2.15. The minimum atomic E-state index is 0.0630. The first-order valence-electron chi connectivity index (χ1n) is 6.07. The van der Waals surface area contributed by atoms with Crippen LogP contribution in [0, 0.1) is 5.92 Å². The van der Waals surface area contributed by atoms with Crippen LogP contribution in [0.25, 0.3) is 11.0 Å². The van der Waals surface area contributed by atoms with Gasteiger partial charge in [0.05, 0.1) is 6.04 Å². The number of furan rings is 1. The van der Waals surface area contributed by atoms with Gasteiger partial charge in [0.25, 0.3) is 0 Å². The van der Waals surface area contributed by atoms with E-state index < -0.39 is 0 Å². The number of para-hydroxylation sites is 1. The zero-order valence-corrected chi connectivity index (χ0v) is 9.36. The Kier molecular flexibility index (Phi) is 2.44. The summed E-state index contributed by atoms with van der Waals surface area (Å²) in [7, 11) is 0. The van der Waals surface area contributed by atoms with Gasteiger partial charge in [-0.05, 0) is 30.9 Å². The normalized spacial score (nSPS) is 17.8. The van der Waals surface area contributed by atoms with Crippen LogP contribution >= 0.6 is 0 Å².